The van der Waals surface area contributed by atoms with Gasteiger partial charge in [-0.2, -0.15) is 0 Å². The number of methoxy groups -OCH3 is 1. The molecule has 0 aliphatic rings. The predicted molar refractivity (Wildman–Crippen MR) is 66.6 cm³/mol. The van der Waals surface area contributed by atoms with E-state index in [1.165, 1.54) is 19.1 Å². The molecule has 0 saturated carbocycles. The maximum atomic E-state index is 13.2. The molecule has 1 aromatic carbocycles. The van der Waals surface area contributed by atoms with Gasteiger partial charge in [0.15, 0.2) is 0 Å². The van der Waals surface area contributed by atoms with Crippen LogP contribution in [0.1, 0.15) is 10.4 Å². The highest BCUT2D eigenvalue weighted by atomic mass is 32.2. The molecule has 0 aliphatic carbocycles. The number of carbonyl (C=O) groups excluding carboxylic acids is 1. The van der Waals surface area contributed by atoms with Crippen LogP contribution in [0.4, 0.5) is 4.39 Å². The minimum absolute atomic E-state index is 0.246. The molecule has 0 bridgehead atoms. The number of hydrogen-bond acceptors (Lipinski definition) is 4. The lowest BCUT2D eigenvalue weighted by Crippen LogP contribution is -2.31. The molecule has 0 radical (unpaired) electrons. The van der Waals surface area contributed by atoms with Crippen molar-refractivity contribution in [3.63, 3.8) is 0 Å². The number of benzene rings is 1. The zero-order chi connectivity index (χ0) is 14.6. The number of sulfonamides is 1. The fraction of sp³-hybridized carbons (Fsp3) is 0.364. The fourth-order valence-electron chi connectivity index (χ4n) is 1.45. The van der Waals surface area contributed by atoms with Crippen molar-refractivity contribution in [3.8, 4) is 0 Å². The number of ether oxygens (including phenoxy) is 1. The van der Waals surface area contributed by atoms with E-state index in [9.17, 15) is 17.6 Å². The predicted octanol–water partition coefficient (Wildman–Crippen LogP) is 0.192. The number of likely N-dealkylation sites (N-methyl/N-ethyl adjacent to an activating group) is 1. The van der Waals surface area contributed by atoms with Crippen LogP contribution < -0.4 is 5.14 Å². The van der Waals surface area contributed by atoms with Crippen molar-refractivity contribution in [3.05, 3.63) is 29.6 Å². The Balaban J connectivity index is 3.18. The smallest absolute Gasteiger partial charge is 0.255 e. The Morgan fingerprint density at radius 2 is 2.11 bits per heavy atom. The zero-order valence-corrected chi connectivity index (χ0v) is 11.4. The molecule has 6 nitrogen and oxygen atoms in total. The normalized spacial score (nSPS) is 11.4. The Morgan fingerprint density at radius 3 is 2.63 bits per heavy atom. The van der Waals surface area contributed by atoms with Crippen LogP contribution in [0.25, 0.3) is 0 Å². The first-order chi connectivity index (χ1) is 8.77. The highest BCUT2D eigenvalue weighted by molar-refractivity contribution is 7.89. The van der Waals surface area contributed by atoms with E-state index in [0.29, 0.717) is 0 Å². The summed E-state index contributed by atoms with van der Waals surface area (Å²) in [6.45, 7) is 0.526. The molecule has 8 heteroatoms. The first-order valence-corrected chi connectivity index (χ1v) is 6.88. The number of halogens is 1. The quantitative estimate of drug-likeness (QED) is 0.838. The highest BCUT2D eigenvalue weighted by Crippen LogP contribution is 2.17. The molecular weight excluding hydrogens is 275 g/mol. The van der Waals surface area contributed by atoms with Gasteiger partial charge in [-0.15, -0.1) is 0 Å². The van der Waals surface area contributed by atoms with E-state index in [2.05, 4.69) is 0 Å². The van der Waals surface area contributed by atoms with E-state index in [-0.39, 0.29) is 18.7 Å². The number of primary sulfonamides is 1. The van der Waals surface area contributed by atoms with E-state index < -0.39 is 26.6 Å². The summed E-state index contributed by atoms with van der Waals surface area (Å²) >= 11 is 0. The molecule has 19 heavy (non-hydrogen) atoms. The lowest BCUT2D eigenvalue weighted by molar-refractivity contribution is 0.0740. The summed E-state index contributed by atoms with van der Waals surface area (Å²) < 4.78 is 40.7. The number of amides is 1. The lowest BCUT2D eigenvalue weighted by Gasteiger charge is -2.18. The molecule has 0 atom stereocenters. The summed E-state index contributed by atoms with van der Waals surface area (Å²) in [5, 5.41) is 5.00. The van der Waals surface area contributed by atoms with Gasteiger partial charge in [-0.1, -0.05) is 0 Å². The second-order valence-electron chi connectivity index (χ2n) is 3.90. The lowest BCUT2D eigenvalue weighted by atomic mass is 10.2. The van der Waals surface area contributed by atoms with E-state index in [1.807, 2.05) is 0 Å². The molecule has 1 aromatic rings. The third kappa shape index (κ3) is 3.98. The average Bonchev–Trinajstić information content (AvgIpc) is 2.33. The van der Waals surface area contributed by atoms with Crippen LogP contribution in [0.3, 0.4) is 0 Å². The van der Waals surface area contributed by atoms with Crippen LogP contribution in [0.15, 0.2) is 23.1 Å². The Kier molecular flexibility index (Phi) is 4.98. The number of nitrogens with two attached hydrogens (primary N) is 1. The van der Waals surface area contributed by atoms with Crippen molar-refractivity contribution in [2.24, 2.45) is 5.14 Å². The second kappa shape index (κ2) is 6.09. The van der Waals surface area contributed by atoms with Gasteiger partial charge < -0.3 is 9.64 Å². The third-order valence-corrected chi connectivity index (χ3v) is 3.43. The van der Waals surface area contributed by atoms with E-state index in [4.69, 9.17) is 9.88 Å². The SMILES string of the molecule is COCCN(C)C(=O)c1cc(F)ccc1S(N)(=O)=O. The molecule has 0 aromatic heterocycles. The molecule has 0 heterocycles. The van der Waals surface area contributed by atoms with Crippen LogP contribution in [-0.2, 0) is 14.8 Å². The maximum Gasteiger partial charge on any atom is 0.255 e. The standard InChI is InChI=1S/C11H15FN2O4S/c1-14(5-6-18-2)11(15)9-7-8(12)3-4-10(9)19(13,16)17/h3-4,7H,5-6H2,1-2H3,(H2,13,16,17). The molecular formula is C11H15FN2O4S. The number of rotatable bonds is 5. The van der Waals surface area contributed by atoms with Gasteiger partial charge in [-0.25, -0.2) is 17.9 Å². The van der Waals surface area contributed by atoms with E-state index >= 15 is 0 Å². The molecule has 0 unspecified atom stereocenters. The average molecular weight is 290 g/mol. The summed E-state index contributed by atoms with van der Waals surface area (Å²) in [7, 11) is -1.17. The first kappa shape index (κ1) is 15.5. The summed E-state index contributed by atoms with van der Waals surface area (Å²) in [6.07, 6.45) is 0. The maximum absolute atomic E-state index is 13.2. The molecule has 0 aliphatic heterocycles. The van der Waals surface area contributed by atoms with Gasteiger partial charge >= 0.3 is 0 Å². The Labute approximate surface area is 111 Å². The summed E-state index contributed by atoms with van der Waals surface area (Å²) in [4.78, 5) is 12.9. The van der Waals surface area contributed by atoms with Crippen molar-refractivity contribution in [1.29, 1.82) is 0 Å². The summed E-state index contributed by atoms with van der Waals surface area (Å²) in [6, 6.07) is 2.76. The Bertz CT molecular complexity index is 574. The van der Waals surface area contributed by atoms with Crippen molar-refractivity contribution in [1.82, 2.24) is 4.90 Å². The minimum Gasteiger partial charge on any atom is -0.383 e. The van der Waals surface area contributed by atoms with E-state index in [0.717, 1.165) is 18.2 Å². The van der Waals surface area contributed by atoms with Crippen molar-refractivity contribution in [2.45, 2.75) is 4.90 Å². The molecule has 0 fully saturated rings. The number of nitrogens with zero attached hydrogens (tertiary/aromatic N) is 1. The first-order valence-electron chi connectivity index (χ1n) is 5.34. The molecule has 1 rings (SSSR count). The van der Waals surface area contributed by atoms with Crippen LogP contribution >= 0.6 is 0 Å². The Morgan fingerprint density at radius 1 is 1.47 bits per heavy atom. The molecule has 2 N–H and O–H groups in total. The topological polar surface area (TPSA) is 89.7 Å². The van der Waals surface area contributed by atoms with Gasteiger partial charge in [0.1, 0.15) is 5.82 Å². The van der Waals surface area contributed by atoms with E-state index in [1.54, 1.807) is 0 Å². The van der Waals surface area contributed by atoms with Gasteiger partial charge in [-0.05, 0) is 18.2 Å². The molecule has 0 saturated heterocycles. The third-order valence-electron chi connectivity index (χ3n) is 2.46. The highest BCUT2D eigenvalue weighted by Gasteiger charge is 2.22. The molecule has 0 spiro atoms. The van der Waals surface area contributed by atoms with Gasteiger partial charge in [0, 0.05) is 20.7 Å². The molecule has 106 valence electrons. The fourth-order valence-corrected chi connectivity index (χ4v) is 2.16. The minimum atomic E-state index is -4.09. The van der Waals surface area contributed by atoms with Gasteiger partial charge in [-0.3, -0.25) is 4.79 Å². The number of carbonyl (C=O) groups is 1. The van der Waals surface area contributed by atoms with Gasteiger partial charge in [0.2, 0.25) is 10.0 Å². The van der Waals surface area contributed by atoms with Gasteiger partial charge in [0.25, 0.3) is 5.91 Å². The summed E-state index contributed by atoms with van der Waals surface area (Å²) in [5.74, 6) is -1.35. The van der Waals surface area contributed by atoms with Crippen LogP contribution in [0.2, 0.25) is 0 Å². The van der Waals surface area contributed by atoms with Crippen LogP contribution in [0, 0.1) is 5.82 Å². The van der Waals surface area contributed by atoms with Gasteiger partial charge in [0.05, 0.1) is 17.1 Å². The van der Waals surface area contributed by atoms with Crippen molar-refractivity contribution in [2.75, 3.05) is 27.3 Å². The Hall–Kier alpha value is -1.51. The summed E-state index contributed by atoms with van der Waals surface area (Å²) in [5.41, 5.74) is -0.291. The molecule has 1 amide bonds. The van der Waals surface area contributed by atoms with Crippen molar-refractivity contribution >= 4 is 15.9 Å². The monoisotopic (exact) mass is 290 g/mol. The largest absolute Gasteiger partial charge is 0.383 e. The van der Waals surface area contributed by atoms with Crippen molar-refractivity contribution < 1.29 is 22.3 Å². The van der Waals surface area contributed by atoms with Crippen LogP contribution in [0.5, 0.6) is 0 Å². The second-order valence-corrected chi connectivity index (χ2v) is 5.43. The zero-order valence-electron chi connectivity index (χ0n) is 10.6. The van der Waals surface area contributed by atoms with Crippen LogP contribution in [-0.4, -0.2) is 46.5 Å². The number of hydrogen-bond donors (Lipinski definition) is 1.